The average Bonchev–Trinajstić information content (AvgIpc) is 2.85. The molecule has 0 fully saturated rings. The van der Waals surface area contributed by atoms with E-state index in [0.29, 0.717) is 12.0 Å². The van der Waals surface area contributed by atoms with Gasteiger partial charge in [0.1, 0.15) is 0 Å². The van der Waals surface area contributed by atoms with Crippen molar-refractivity contribution in [3.05, 3.63) is 52.6 Å². The molecule has 0 aromatic heterocycles. The van der Waals surface area contributed by atoms with Crippen molar-refractivity contribution in [2.75, 3.05) is 5.32 Å². The van der Waals surface area contributed by atoms with Crippen LogP contribution >= 0.6 is 0 Å². The lowest BCUT2D eigenvalue weighted by Gasteiger charge is -2.13. The number of aryl methyl sites for hydroxylation is 2. The van der Waals surface area contributed by atoms with Crippen LogP contribution in [0.4, 0.5) is 5.69 Å². The summed E-state index contributed by atoms with van der Waals surface area (Å²) in [4.78, 5) is 11.6. The van der Waals surface area contributed by atoms with Crippen molar-refractivity contribution in [3.8, 4) is 17.2 Å². The highest BCUT2D eigenvalue weighted by molar-refractivity contribution is 6.01. The van der Waals surface area contributed by atoms with Crippen molar-refractivity contribution in [1.82, 2.24) is 0 Å². The Labute approximate surface area is 124 Å². The van der Waals surface area contributed by atoms with Gasteiger partial charge in [-0.2, -0.15) is 5.26 Å². The predicted octanol–water partition coefficient (Wildman–Crippen LogP) is 3.59. The lowest BCUT2D eigenvalue weighted by atomic mass is 9.91. The van der Waals surface area contributed by atoms with Gasteiger partial charge in [-0.3, -0.25) is 4.79 Å². The van der Waals surface area contributed by atoms with Crippen LogP contribution < -0.4 is 5.32 Å². The second-order valence-corrected chi connectivity index (χ2v) is 5.36. The first-order chi connectivity index (χ1) is 10.1. The van der Waals surface area contributed by atoms with Crippen molar-refractivity contribution >= 4 is 11.6 Å². The fraction of sp³-hybridized carbons (Fsp3) is 0.222. The van der Waals surface area contributed by atoms with E-state index in [1.807, 2.05) is 31.2 Å². The van der Waals surface area contributed by atoms with Gasteiger partial charge in [0.2, 0.25) is 5.91 Å². The topological polar surface area (TPSA) is 52.9 Å². The minimum absolute atomic E-state index is 0.0436. The predicted molar refractivity (Wildman–Crippen MR) is 83.0 cm³/mol. The molecule has 0 atom stereocenters. The number of hydrogen-bond donors (Lipinski definition) is 1. The number of rotatable bonds is 2. The third-order valence-corrected chi connectivity index (χ3v) is 3.98. The molecule has 0 saturated carbocycles. The van der Waals surface area contributed by atoms with Crippen LogP contribution in [-0.4, -0.2) is 5.91 Å². The van der Waals surface area contributed by atoms with E-state index in [0.717, 1.165) is 39.9 Å². The summed E-state index contributed by atoms with van der Waals surface area (Å²) in [5, 5.41) is 12.3. The molecule has 3 heteroatoms. The molecule has 0 aliphatic carbocycles. The molecule has 2 aromatic rings. The van der Waals surface area contributed by atoms with Gasteiger partial charge >= 0.3 is 0 Å². The lowest BCUT2D eigenvalue weighted by Crippen LogP contribution is -2.04. The molecule has 0 radical (unpaired) electrons. The highest BCUT2D eigenvalue weighted by Crippen LogP contribution is 2.35. The first-order valence-electron chi connectivity index (χ1n) is 7.09. The number of nitrogens with one attached hydrogen (secondary N) is 1. The van der Waals surface area contributed by atoms with Gasteiger partial charge in [-0.25, -0.2) is 0 Å². The summed E-state index contributed by atoms with van der Waals surface area (Å²) < 4.78 is 0. The Morgan fingerprint density at radius 2 is 2.14 bits per heavy atom. The molecule has 1 amide bonds. The van der Waals surface area contributed by atoms with Crippen LogP contribution in [0.3, 0.4) is 0 Å². The highest BCUT2D eigenvalue weighted by atomic mass is 16.1. The van der Waals surface area contributed by atoms with Crippen LogP contribution in [-0.2, 0) is 17.6 Å². The van der Waals surface area contributed by atoms with Crippen molar-refractivity contribution in [2.45, 2.75) is 26.7 Å². The summed E-state index contributed by atoms with van der Waals surface area (Å²) in [5.41, 5.74) is 6.86. The number of nitrogens with zero attached hydrogens (tertiary/aromatic N) is 1. The lowest BCUT2D eigenvalue weighted by molar-refractivity contribution is -0.115. The highest BCUT2D eigenvalue weighted by Gasteiger charge is 2.22. The molecule has 104 valence electrons. The summed E-state index contributed by atoms with van der Waals surface area (Å²) >= 11 is 0. The smallest absolute Gasteiger partial charge is 0.228 e. The van der Waals surface area contributed by atoms with Crippen LogP contribution in [0, 0.1) is 18.3 Å². The number of carbonyl (C=O) groups excluding carboxylic acids is 1. The van der Waals surface area contributed by atoms with E-state index in [2.05, 4.69) is 24.4 Å². The molecule has 0 bridgehead atoms. The molecular weight excluding hydrogens is 260 g/mol. The molecular formula is C18H16N2O. The zero-order valence-electron chi connectivity index (χ0n) is 12.2. The number of nitriles is 1. The quantitative estimate of drug-likeness (QED) is 0.911. The minimum atomic E-state index is 0.0436. The van der Waals surface area contributed by atoms with Crippen LogP contribution in [0.1, 0.15) is 29.2 Å². The van der Waals surface area contributed by atoms with E-state index in [1.165, 1.54) is 0 Å². The SMILES string of the molecule is CCc1cc(-c2c(C)cccc2C#N)cc2c1NC(=O)C2. The standard InChI is InChI=1S/C18H16N2O/c1-3-12-7-14(8-15-9-16(21)20-18(12)15)17-11(2)5-4-6-13(17)10-19/h4-8H,3,9H2,1-2H3,(H,20,21). The molecule has 3 nitrogen and oxygen atoms in total. The Balaban J connectivity index is 2.25. The molecule has 21 heavy (non-hydrogen) atoms. The first kappa shape index (κ1) is 13.4. The van der Waals surface area contributed by atoms with Gasteiger partial charge in [-0.15, -0.1) is 0 Å². The normalized spacial score (nSPS) is 12.7. The van der Waals surface area contributed by atoms with E-state index in [4.69, 9.17) is 0 Å². The molecule has 3 rings (SSSR count). The molecule has 1 heterocycles. The van der Waals surface area contributed by atoms with Gasteiger partial charge in [0.05, 0.1) is 18.1 Å². The third kappa shape index (κ3) is 2.19. The third-order valence-electron chi connectivity index (χ3n) is 3.98. The Hall–Kier alpha value is -2.60. The van der Waals surface area contributed by atoms with E-state index < -0.39 is 0 Å². The van der Waals surface area contributed by atoms with Gasteiger partial charge in [0.25, 0.3) is 0 Å². The van der Waals surface area contributed by atoms with Crippen LogP contribution in [0.5, 0.6) is 0 Å². The van der Waals surface area contributed by atoms with E-state index in [1.54, 1.807) is 0 Å². The van der Waals surface area contributed by atoms with Gasteiger partial charge in [-0.1, -0.05) is 19.1 Å². The van der Waals surface area contributed by atoms with E-state index >= 15 is 0 Å². The number of hydrogen-bond acceptors (Lipinski definition) is 2. The Morgan fingerprint density at radius 1 is 1.33 bits per heavy atom. The van der Waals surface area contributed by atoms with Crippen LogP contribution in [0.2, 0.25) is 0 Å². The number of fused-ring (bicyclic) bond motifs is 1. The second-order valence-electron chi connectivity index (χ2n) is 5.36. The van der Waals surface area contributed by atoms with Gasteiger partial charge in [-0.05, 0) is 53.8 Å². The summed E-state index contributed by atoms with van der Waals surface area (Å²) in [6.07, 6.45) is 1.27. The summed E-state index contributed by atoms with van der Waals surface area (Å²) in [7, 11) is 0. The Bertz CT molecular complexity index is 785. The first-order valence-corrected chi connectivity index (χ1v) is 7.09. The van der Waals surface area contributed by atoms with Gasteiger partial charge in [0.15, 0.2) is 0 Å². The fourth-order valence-corrected chi connectivity index (χ4v) is 2.99. The van der Waals surface area contributed by atoms with Crippen LogP contribution in [0.15, 0.2) is 30.3 Å². The maximum Gasteiger partial charge on any atom is 0.228 e. The number of carbonyl (C=O) groups is 1. The molecule has 1 aliphatic rings. The summed E-state index contributed by atoms with van der Waals surface area (Å²) in [6.45, 7) is 4.09. The molecule has 0 spiro atoms. The Morgan fingerprint density at radius 3 is 2.86 bits per heavy atom. The maximum atomic E-state index is 11.6. The fourth-order valence-electron chi connectivity index (χ4n) is 2.99. The molecule has 0 saturated heterocycles. The molecule has 0 unspecified atom stereocenters. The largest absolute Gasteiger partial charge is 0.325 e. The number of benzene rings is 2. The van der Waals surface area contributed by atoms with E-state index in [9.17, 15) is 10.1 Å². The van der Waals surface area contributed by atoms with Crippen molar-refractivity contribution < 1.29 is 4.79 Å². The number of amides is 1. The maximum absolute atomic E-state index is 11.6. The monoisotopic (exact) mass is 276 g/mol. The number of anilines is 1. The van der Waals surface area contributed by atoms with Crippen LogP contribution in [0.25, 0.3) is 11.1 Å². The average molecular weight is 276 g/mol. The van der Waals surface area contributed by atoms with Gasteiger partial charge < -0.3 is 5.32 Å². The zero-order chi connectivity index (χ0) is 15.0. The second kappa shape index (κ2) is 5.06. The Kier molecular flexibility index (Phi) is 3.23. The van der Waals surface area contributed by atoms with E-state index in [-0.39, 0.29) is 5.91 Å². The minimum Gasteiger partial charge on any atom is -0.325 e. The van der Waals surface area contributed by atoms with Gasteiger partial charge in [0, 0.05) is 11.3 Å². The summed E-state index contributed by atoms with van der Waals surface area (Å²) in [6, 6.07) is 12.1. The van der Waals surface area contributed by atoms with Crippen molar-refractivity contribution in [3.63, 3.8) is 0 Å². The summed E-state index contributed by atoms with van der Waals surface area (Å²) in [5.74, 6) is 0.0436. The molecule has 1 aliphatic heterocycles. The van der Waals surface area contributed by atoms with Crippen molar-refractivity contribution in [2.24, 2.45) is 0 Å². The van der Waals surface area contributed by atoms with Crippen molar-refractivity contribution in [1.29, 1.82) is 5.26 Å². The molecule has 1 N–H and O–H groups in total. The zero-order valence-corrected chi connectivity index (χ0v) is 12.2. The molecule has 2 aromatic carbocycles.